The molecule has 1 aliphatic heterocycles. The van der Waals surface area contributed by atoms with Crippen LogP contribution in [0.3, 0.4) is 0 Å². The van der Waals surface area contributed by atoms with E-state index in [0.717, 1.165) is 19.5 Å². The third kappa shape index (κ3) is 3.48. The minimum absolute atomic E-state index is 0.222. The Morgan fingerprint density at radius 3 is 2.95 bits per heavy atom. The van der Waals surface area contributed by atoms with Crippen LogP contribution in [0.15, 0.2) is 11.0 Å². The van der Waals surface area contributed by atoms with Crippen LogP contribution < -0.4 is 15.8 Å². The third-order valence-corrected chi connectivity index (χ3v) is 3.90. The molecule has 1 aromatic heterocycles. The van der Waals surface area contributed by atoms with E-state index in [-0.39, 0.29) is 16.6 Å². The van der Waals surface area contributed by atoms with Gasteiger partial charge in [0.15, 0.2) is 0 Å². The number of nitrogens with one attached hydrogen (secondary N) is 2. The molecule has 0 amide bonds. The Labute approximate surface area is 118 Å². The van der Waals surface area contributed by atoms with Gasteiger partial charge in [0.1, 0.15) is 5.02 Å². The minimum Gasteiger partial charge on any atom is -0.365 e. The van der Waals surface area contributed by atoms with Gasteiger partial charge in [-0.1, -0.05) is 18.0 Å². The predicted molar refractivity (Wildman–Crippen MR) is 78.0 cm³/mol. The molecule has 0 bridgehead atoms. The molecule has 106 valence electrons. The Morgan fingerprint density at radius 2 is 2.32 bits per heavy atom. The van der Waals surface area contributed by atoms with Gasteiger partial charge < -0.3 is 10.2 Å². The molecular formula is C13H21ClN4O. The van der Waals surface area contributed by atoms with Crippen LogP contribution in [0.25, 0.3) is 0 Å². The summed E-state index contributed by atoms with van der Waals surface area (Å²) in [4.78, 5) is 13.7. The number of hydrogen-bond acceptors (Lipinski definition) is 4. The molecule has 0 aromatic carbocycles. The molecule has 0 radical (unpaired) electrons. The highest BCUT2D eigenvalue weighted by atomic mass is 35.5. The van der Waals surface area contributed by atoms with Gasteiger partial charge in [0.25, 0.3) is 5.56 Å². The Kier molecular flexibility index (Phi) is 4.82. The van der Waals surface area contributed by atoms with Gasteiger partial charge in [0.05, 0.1) is 11.9 Å². The predicted octanol–water partition coefficient (Wildman–Crippen LogP) is 1.78. The lowest BCUT2D eigenvalue weighted by molar-refractivity contribution is 0.393. The van der Waals surface area contributed by atoms with E-state index < -0.39 is 0 Å². The maximum atomic E-state index is 11.6. The molecule has 1 fully saturated rings. The fraction of sp³-hybridized carbons (Fsp3) is 0.692. The lowest BCUT2D eigenvalue weighted by Gasteiger charge is -2.34. The molecule has 5 nitrogen and oxygen atoms in total. The molecule has 2 heterocycles. The van der Waals surface area contributed by atoms with E-state index in [0.29, 0.717) is 11.7 Å². The first kappa shape index (κ1) is 14.3. The average molecular weight is 285 g/mol. The Balaban J connectivity index is 2.19. The molecule has 19 heavy (non-hydrogen) atoms. The van der Waals surface area contributed by atoms with Crippen molar-refractivity contribution >= 4 is 17.3 Å². The van der Waals surface area contributed by atoms with Crippen LogP contribution in [-0.2, 0) is 0 Å². The number of nitrogens with zero attached hydrogens (tertiary/aromatic N) is 2. The van der Waals surface area contributed by atoms with Gasteiger partial charge in [0, 0.05) is 18.6 Å². The molecule has 2 rings (SSSR count). The lowest BCUT2D eigenvalue weighted by Crippen LogP contribution is -2.46. The molecule has 2 N–H and O–H groups in total. The van der Waals surface area contributed by atoms with Crippen molar-refractivity contribution in [3.05, 3.63) is 21.6 Å². The summed E-state index contributed by atoms with van der Waals surface area (Å²) in [7, 11) is 0. The number of aromatic amines is 1. The summed E-state index contributed by atoms with van der Waals surface area (Å²) >= 11 is 6.10. The van der Waals surface area contributed by atoms with E-state index in [1.54, 1.807) is 6.20 Å². The number of hydrogen-bond donors (Lipinski definition) is 2. The number of piperidine rings is 1. The zero-order valence-corrected chi connectivity index (χ0v) is 12.2. The first-order valence-electron chi connectivity index (χ1n) is 6.83. The summed E-state index contributed by atoms with van der Waals surface area (Å²) in [6.45, 7) is 6.11. The highest BCUT2D eigenvalue weighted by Gasteiger charge is 2.21. The van der Waals surface area contributed by atoms with Gasteiger partial charge >= 0.3 is 0 Å². The van der Waals surface area contributed by atoms with Crippen LogP contribution >= 0.6 is 11.6 Å². The zero-order valence-electron chi connectivity index (χ0n) is 11.4. The van der Waals surface area contributed by atoms with Crippen molar-refractivity contribution in [3.63, 3.8) is 0 Å². The quantitative estimate of drug-likeness (QED) is 0.885. The fourth-order valence-corrected chi connectivity index (χ4v) is 2.68. The molecule has 0 spiro atoms. The van der Waals surface area contributed by atoms with Crippen molar-refractivity contribution < 1.29 is 0 Å². The molecule has 1 unspecified atom stereocenters. The summed E-state index contributed by atoms with van der Waals surface area (Å²) in [5.74, 6) is 0. The number of anilines is 1. The van der Waals surface area contributed by atoms with Gasteiger partial charge in [-0.15, -0.1) is 0 Å². The minimum atomic E-state index is -0.332. The number of aromatic nitrogens is 2. The van der Waals surface area contributed by atoms with Crippen molar-refractivity contribution in [1.82, 2.24) is 15.5 Å². The van der Waals surface area contributed by atoms with E-state index in [1.165, 1.54) is 12.8 Å². The average Bonchev–Trinajstić information content (AvgIpc) is 2.40. The summed E-state index contributed by atoms with van der Waals surface area (Å²) in [5, 5.41) is 9.95. The number of rotatable bonds is 4. The maximum absolute atomic E-state index is 11.6. The zero-order chi connectivity index (χ0) is 13.8. The molecule has 1 atom stereocenters. The van der Waals surface area contributed by atoms with E-state index in [1.807, 2.05) is 0 Å². The normalized spacial score (nSPS) is 19.7. The summed E-state index contributed by atoms with van der Waals surface area (Å²) in [6.07, 6.45) is 5.29. The van der Waals surface area contributed by atoms with E-state index >= 15 is 0 Å². The monoisotopic (exact) mass is 284 g/mol. The molecule has 1 aliphatic rings. The Bertz CT molecular complexity index is 468. The number of halogens is 1. The second-order valence-corrected chi connectivity index (χ2v) is 5.67. The van der Waals surface area contributed by atoms with Crippen LogP contribution in [0, 0.1) is 0 Å². The van der Waals surface area contributed by atoms with Crippen LogP contribution in [0.5, 0.6) is 0 Å². The SMILES string of the molecule is CC(C)N(CC1CCCCN1)c1cn[nH]c(=O)c1Cl. The largest absolute Gasteiger partial charge is 0.365 e. The molecule has 1 saturated heterocycles. The van der Waals surface area contributed by atoms with Crippen LogP contribution in [0.4, 0.5) is 5.69 Å². The Hall–Kier alpha value is -1.07. The smallest absolute Gasteiger partial charge is 0.285 e. The highest BCUT2D eigenvalue weighted by Crippen LogP contribution is 2.23. The van der Waals surface area contributed by atoms with Gasteiger partial charge in [-0.25, -0.2) is 5.10 Å². The van der Waals surface area contributed by atoms with Crippen molar-refractivity contribution in [1.29, 1.82) is 0 Å². The summed E-state index contributed by atoms with van der Waals surface area (Å²) in [5.41, 5.74) is 0.384. The number of H-pyrrole nitrogens is 1. The van der Waals surface area contributed by atoms with Crippen molar-refractivity contribution in [2.75, 3.05) is 18.0 Å². The molecular weight excluding hydrogens is 264 g/mol. The third-order valence-electron chi connectivity index (χ3n) is 3.54. The standard InChI is InChI=1S/C13H21ClN4O/c1-9(2)18(8-10-5-3-4-6-15-10)11-7-16-17-13(19)12(11)14/h7,9-10,15H,3-6,8H2,1-2H3,(H,17,19). The van der Waals surface area contributed by atoms with Crippen LogP contribution in [-0.4, -0.2) is 35.4 Å². The van der Waals surface area contributed by atoms with E-state index in [4.69, 9.17) is 11.6 Å². The van der Waals surface area contributed by atoms with Gasteiger partial charge in [0.2, 0.25) is 0 Å². The van der Waals surface area contributed by atoms with Crippen molar-refractivity contribution in [2.24, 2.45) is 0 Å². The van der Waals surface area contributed by atoms with Gasteiger partial charge in [-0.2, -0.15) is 5.10 Å². The molecule has 1 aromatic rings. The maximum Gasteiger partial charge on any atom is 0.285 e. The van der Waals surface area contributed by atoms with Crippen molar-refractivity contribution in [2.45, 2.75) is 45.2 Å². The summed E-state index contributed by atoms with van der Waals surface area (Å²) in [6, 6.07) is 0.719. The molecule has 6 heteroatoms. The fourth-order valence-electron chi connectivity index (χ4n) is 2.48. The first-order valence-corrected chi connectivity index (χ1v) is 7.20. The second-order valence-electron chi connectivity index (χ2n) is 5.29. The molecule has 0 aliphatic carbocycles. The van der Waals surface area contributed by atoms with Gasteiger partial charge in [-0.05, 0) is 33.2 Å². The summed E-state index contributed by atoms with van der Waals surface area (Å²) < 4.78 is 0. The molecule has 0 saturated carbocycles. The topological polar surface area (TPSA) is 61.0 Å². The van der Waals surface area contributed by atoms with E-state index in [9.17, 15) is 4.79 Å². The van der Waals surface area contributed by atoms with Crippen LogP contribution in [0.1, 0.15) is 33.1 Å². The first-order chi connectivity index (χ1) is 9.09. The second kappa shape index (κ2) is 6.39. The van der Waals surface area contributed by atoms with Gasteiger partial charge in [-0.3, -0.25) is 4.79 Å². The van der Waals surface area contributed by atoms with Crippen molar-refractivity contribution in [3.8, 4) is 0 Å². The Morgan fingerprint density at radius 1 is 1.53 bits per heavy atom. The lowest BCUT2D eigenvalue weighted by atomic mass is 10.0. The highest BCUT2D eigenvalue weighted by molar-refractivity contribution is 6.33. The van der Waals surface area contributed by atoms with E-state index in [2.05, 4.69) is 34.3 Å². The van der Waals surface area contributed by atoms with Crippen LogP contribution in [0.2, 0.25) is 5.02 Å².